The third-order valence-corrected chi connectivity index (χ3v) is 8.73. The van der Waals surface area contributed by atoms with Crippen LogP contribution in [0.4, 0.5) is 0 Å². The van der Waals surface area contributed by atoms with Crippen molar-refractivity contribution in [2.24, 2.45) is 11.8 Å². The summed E-state index contributed by atoms with van der Waals surface area (Å²) in [5.74, 6) is 2.85. The van der Waals surface area contributed by atoms with E-state index < -0.39 is 0 Å². The van der Waals surface area contributed by atoms with Crippen molar-refractivity contribution >= 4 is 28.4 Å². The van der Waals surface area contributed by atoms with Crippen LogP contribution < -0.4 is 0 Å². The molecule has 3 heterocycles. The number of likely N-dealkylation sites (tertiary alicyclic amines) is 1. The summed E-state index contributed by atoms with van der Waals surface area (Å²) >= 11 is 0. The quantitative estimate of drug-likeness (QED) is 0.262. The third kappa shape index (κ3) is 5.72. The van der Waals surface area contributed by atoms with E-state index >= 15 is 0 Å². The monoisotopic (exact) mass is 511 g/mol. The SMILES string of the molecule is C=C(c1cc(CC)c2c(c1)nc(/C(=C/c1cncnc1C)CCC1CC1)n2CC)N1CCC(CCC)CC1. The van der Waals surface area contributed by atoms with Crippen molar-refractivity contribution in [3.8, 4) is 0 Å². The lowest BCUT2D eigenvalue weighted by atomic mass is 9.91. The Hall–Kier alpha value is -2.95. The smallest absolute Gasteiger partial charge is 0.137 e. The molecule has 1 aliphatic heterocycles. The van der Waals surface area contributed by atoms with Crippen molar-refractivity contribution in [1.29, 1.82) is 0 Å². The van der Waals surface area contributed by atoms with E-state index in [1.807, 2.05) is 6.20 Å². The van der Waals surface area contributed by atoms with Crippen molar-refractivity contribution in [3.63, 3.8) is 0 Å². The van der Waals surface area contributed by atoms with Gasteiger partial charge in [0.2, 0.25) is 0 Å². The molecule has 202 valence electrons. The van der Waals surface area contributed by atoms with Gasteiger partial charge in [-0.15, -0.1) is 0 Å². The van der Waals surface area contributed by atoms with Crippen LogP contribution in [0.2, 0.25) is 0 Å². The Labute approximate surface area is 229 Å². The number of allylic oxidation sites excluding steroid dienone is 1. The predicted octanol–water partition coefficient (Wildman–Crippen LogP) is 7.93. The topological polar surface area (TPSA) is 46.8 Å². The molecule has 0 atom stereocenters. The van der Waals surface area contributed by atoms with E-state index in [1.54, 1.807) is 6.33 Å². The number of nitrogens with zero attached hydrogens (tertiary/aromatic N) is 5. The maximum Gasteiger partial charge on any atom is 0.137 e. The molecule has 0 radical (unpaired) electrons. The van der Waals surface area contributed by atoms with Crippen LogP contribution in [0.3, 0.4) is 0 Å². The van der Waals surface area contributed by atoms with E-state index in [0.29, 0.717) is 0 Å². The van der Waals surface area contributed by atoms with Gasteiger partial charge in [-0.3, -0.25) is 0 Å². The van der Waals surface area contributed by atoms with E-state index in [2.05, 4.69) is 71.9 Å². The Morgan fingerprint density at radius 3 is 2.47 bits per heavy atom. The minimum atomic E-state index is 0.869. The minimum absolute atomic E-state index is 0.869. The molecule has 1 aliphatic carbocycles. The van der Waals surface area contributed by atoms with E-state index in [-0.39, 0.29) is 0 Å². The van der Waals surface area contributed by atoms with Gasteiger partial charge >= 0.3 is 0 Å². The van der Waals surface area contributed by atoms with Crippen LogP contribution in [0, 0.1) is 18.8 Å². The molecule has 1 saturated carbocycles. The van der Waals surface area contributed by atoms with E-state index in [9.17, 15) is 0 Å². The number of hydrogen-bond acceptors (Lipinski definition) is 4. The van der Waals surface area contributed by atoms with Crippen molar-refractivity contribution < 1.29 is 0 Å². The second-order valence-electron chi connectivity index (χ2n) is 11.4. The lowest BCUT2D eigenvalue weighted by molar-refractivity contribution is 0.245. The number of imidazole rings is 1. The van der Waals surface area contributed by atoms with E-state index in [0.717, 1.165) is 72.6 Å². The van der Waals surface area contributed by atoms with Crippen LogP contribution in [0.5, 0.6) is 0 Å². The van der Waals surface area contributed by atoms with Crippen LogP contribution in [-0.2, 0) is 13.0 Å². The normalized spacial score (nSPS) is 16.9. The summed E-state index contributed by atoms with van der Waals surface area (Å²) in [6, 6.07) is 4.67. The number of hydrogen-bond donors (Lipinski definition) is 0. The predicted molar refractivity (Wildman–Crippen MR) is 160 cm³/mol. The van der Waals surface area contributed by atoms with Gasteiger partial charge in [-0.25, -0.2) is 15.0 Å². The van der Waals surface area contributed by atoms with Gasteiger partial charge in [-0.2, -0.15) is 0 Å². The van der Waals surface area contributed by atoms with Crippen LogP contribution >= 0.6 is 0 Å². The van der Waals surface area contributed by atoms with Gasteiger partial charge in [0.25, 0.3) is 0 Å². The molecular weight excluding hydrogens is 466 g/mol. The molecule has 1 saturated heterocycles. The number of aryl methyl sites for hydroxylation is 3. The Bertz CT molecular complexity index is 1300. The average Bonchev–Trinajstić information content (AvgIpc) is 3.69. The summed E-state index contributed by atoms with van der Waals surface area (Å²) in [5.41, 5.74) is 9.52. The molecule has 2 aromatic heterocycles. The van der Waals surface area contributed by atoms with Crippen LogP contribution in [0.1, 0.15) is 100 Å². The minimum Gasteiger partial charge on any atom is -0.372 e. The Kier molecular flexibility index (Phi) is 8.30. The summed E-state index contributed by atoms with van der Waals surface area (Å²) in [4.78, 5) is 16.6. The zero-order valence-corrected chi connectivity index (χ0v) is 24.0. The number of benzene rings is 1. The second kappa shape index (κ2) is 11.8. The maximum atomic E-state index is 5.34. The summed E-state index contributed by atoms with van der Waals surface area (Å²) in [6.45, 7) is 16.6. The molecule has 3 aromatic rings. The average molecular weight is 512 g/mol. The summed E-state index contributed by atoms with van der Waals surface area (Å²) in [5, 5.41) is 0. The second-order valence-corrected chi connectivity index (χ2v) is 11.4. The molecule has 1 aromatic carbocycles. The molecule has 2 fully saturated rings. The fourth-order valence-electron chi connectivity index (χ4n) is 6.17. The van der Waals surface area contributed by atoms with Gasteiger partial charge in [0, 0.05) is 42.8 Å². The van der Waals surface area contributed by atoms with Gasteiger partial charge in [0.05, 0.1) is 11.0 Å². The first-order chi connectivity index (χ1) is 18.5. The molecule has 0 amide bonds. The summed E-state index contributed by atoms with van der Waals surface area (Å²) < 4.78 is 2.44. The molecule has 0 spiro atoms. The molecule has 0 bridgehead atoms. The summed E-state index contributed by atoms with van der Waals surface area (Å²) in [6.07, 6.45) is 17.0. The number of aromatic nitrogens is 4. The Balaban J connectivity index is 1.52. The number of piperidine rings is 1. The highest BCUT2D eigenvalue weighted by Crippen LogP contribution is 2.38. The molecule has 0 unspecified atom stereocenters. The van der Waals surface area contributed by atoms with Crippen molar-refractivity contribution in [2.75, 3.05) is 13.1 Å². The first-order valence-corrected chi connectivity index (χ1v) is 15.0. The third-order valence-electron chi connectivity index (χ3n) is 8.73. The molecule has 5 rings (SSSR count). The molecule has 0 N–H and O–H groups in total. The van der Waals surface area contributed by atoms with Crippen LogP contribution in [-0.4, -0.2) is 37.5 Å². The molecule has 2 aliphatic rings. The van der Waals surface area contributed by atoms with Gasteiger partial charge < -0.3 is 9.47 Å². The van der Waals surface area contributed by atoms with Gasteiger partial charge in [-0.05, 0) is 92.7 Å². The molecule has 5 nitrogen and oxygen atoms in total. The largest absolute Gasteiger partial charge is 0.372 e. The molecule has 38 heavy (non-hydrogen) atoms. The first-order valence-electron chi connectivity index (χ1n) is 15.0. The number of rotatable bonds is 11. The Morgan fingerprint density at radius 1 is 1.05 bits per heavy atom. The first kappa shape index (κ1) is 26.6. The van der Waals surface area contributed by atoms with E-state index in [1.165, 1.54) is 67.2 Å². The van der Waals surface area contributed by atoms with Crippen molar-refractivity contribution in [2.45, 2.75) is 92.0 Å². The lowest BCUT2D eigenvalue weighted by Gasteiger charge is -2.35. The van der Waals surface area contributed by atoms with Crippen LogP contribution in [0.25, 0.3) is 28.4 Å². The zero-order valence-electron chi connectivity index (χ0n) is 24.0. The van der Waals surface area contributed by atoms with Crippen molar-refractivity contribution in [3.05, 3.63) is 59.4 Å². The number of fused-ring (bicyclic) bond motifs is 1. The standard InChI is InChI=1S/C33H45N5/c1-6-9-25-14-16-37(17-15-25)24(5)29-18-27(7-2)32-31(20-29)36-33(38(32)8-3)28(13-12-26-10-11-26)19-30-21-34-22-35-23(30)4/h18-22,25-26H,5-17H2,1-4H3/b28-19+. The van der Waals surface area contributed by atoms with Gasteiger partial charge in [0.15, 0.2) is 0 Å². The van der Waals surface area contributed by atoms with Gasteiger partial charge in [0.1, 0.15) is 12.2 Å². The maximum absolute atomic E-state index is 5.34. The molecule has 5 heteroatoms. The zero-order chi connectivity index (χ0) is 26.6. The highest BCUT2D eigenvalue weighted by molar-refractivity contribution is 5.89. The lowest BCUT2D eigenvalue weighted by Crippen LogP contribution is -2.32. The summed E-state index contributed by atoms with van der Waals surface area (Å²) in [7, 11) is 0. The van der Waals surface area contributed by atoms with Crippen LogP contribution in [0.15, 0.2) is 31.2 Å². The fraction of sp³-hybridized carbons (Fsp3) is 0.545. The Morgan fingerprint density at radius 2 is 1.82 bits per heavy atom. The highest BCUT2D eigenvalue weighted by atomic mass is 15.1. The van der Waals surface area contributed by atoms with Gasteiger partial charge in [-0.1, -0.05) is 46.1 Å². The molecular formula is C33H45N5. The highest BCUT2D eigenvalue weighted by Gasteiger charge is 2.25. The fourth-order valence-corrected chi connectivity index (χ4v) is 6.17. The van der Waals surface area contributed by atoms with Crippen molar-refractivity contribution in [1.82, 2.24) is 24.4 Å². The van der Waals surface area contributed by atoms with E-state index in [4.69, 9.17) is 4.98 Å².